The molecule has 4 heteroatoms. The number of hydrogen-bond acceptors (Lipinski definition) is 4. The fourth-order valence-corrected chi connectivity index (χ4v) is 4.18. The van der Waals surface area contributed by atoms with Gasteiger partial charge in [-0.25, -0.2) is 0 Å². The van der Waals surface area contributed by atoms with Crippen LogP contribution in [-0.2, 0) is 0 Å². The third-order valence-corrected chi connectivity index (χ3v) is 5.27. The zero-order valence-corrected chi connectivity index (χ0v) is 11.4. The maximum absolute atomic E-state index is 5.78. The lowest BCUT2D eigenvalue weighted by atomic mass is 9.92. The van der Waals surface area contributed by atoms with Crippen LogP contribution in [0.15, 0.2) is 0 Å². The van der Waals surface area contributed by atoms with Crippen LogP contribution in [0.2, 0.25) is 0 Å². The summed E-state index contributed by atoms with van der Waals surface area (Å²) in [6.07, 6.45) is 4.17. The molecule has 0 saturated carbocycles. The highest BCUT2D eigenvalue weighted by Crippen LogP contribution is 2.29. The second-order valence-electron chi connectivity index (χ2n) is 6.72. The molecule has 4 fully saturated rings. The van der Waals surface area contributed by atoms with Gasteiger partial charge in [-0.3, -0.25) is 0 Å². The first kappa shape index (κ1) is 12.9. The molecule has 4 saturated heterocycles. The van der Waals surface area contributed by atoms with E-state index in [2.05, 4.69) is 9.80 Å². The fraction of sp³-hybridized carbons (Fsp3) is 1.00. The average Bonchev–Trinajstić information content (AvgIpc) is 3.06. The lowest BCUT2D eigenvalue weighted by Gasteiger charge is -2.28. The number of nitrogens with two attached hydrogens (primary N) is 2. The maximum atomic E-state index is 5.78. The van der Waals surface area contributed by atoms with Crippen molar-refractivity contribution >= 4 is 0 Å². The van der Waals surface area contributed by atoms with E-state index < -0.39 is 0 Å². The number of rotatable bonds is 1. The van der Waals surface area contributed by atoms with Crippen molar-refractivity contribution in [2.45, 2.75) is 25.3 Å². The summed E-state index contributed by atoms with van der Waals surface area (Å²) in [4.78, 5) is 5.01. The summed E-state index contributed by atoms with van der Waals surface area (Å²) in [5.41, 5.74) is 11.4. The molecule has 0 aromatic rings. The molecule has 104 valence electrons. The maximum Gasteiger partial charge on any atom is 0.0209 e. The van der Waals surface area contributed by atoms with E-state index in [1.807, 2.05) is 0 Å². The Bertz CT molecular complexity index is 269. The number of piperidine rings is 2. The van der Waals surface area contributed by atoms with Gasteiger partial charge in [0.25, 0.3) is 0 Å². The van der Waals surface area contributed by atoms with Crippen molar-refractivity contribution in [1.29, 1.82) is 0 Å². The molecule has 0 spiro atoms. The lowest BCUT2D eigenvalue weighted by Crippen LogP contribution is -2.36. The van der Waals surface area contributed by atoms with E-state index in [9.17, 15) is 0 Å². The van der Waals surface area contributed by atoms with Crippen LogP contribution >= 0.6 is 0 Å². The molecular formula is C14H28N4. The van der Waals surface area contributed by atoms with Crippen molar-refractivity contribution in [1.82, 2.24) is 9.80 Å². The summed E-state index contributed by atoms with van der Waals surface area (Å²) >= 11 is 0. The third-order valence-electron chi connectivity index (χ3n) is 5.27. The van der Waals surface area contributed by atoms with E-state index in [0.717, 1.165) is 30.8 Å². The Balaban J connectivity index is 0.000000114. The van der Waals surface area contributed by atoms with Gasteiger partial charge in [-0.1, -0.05) is 0 Å². The molecule has 0 amide bonds. The first-order valence-electron chi connectivity index (χ1n) is 7.65. The molecule has 4 heterocycles. The Morgan fingerprint density at radius 1 is 0.944 bits per heavy atom. The summed E-state index contributed by atoms with van der Waals surface area (Å²) in [6.45, 7) is 8.60. The molecule has 0 aromatic carbocycles. The van der Waals surface area contributed by atoms with Crippen LogP contribution in [0.25, 0.3) is 0 Å². The van der Waals surface area contributed by atoms with Gasteiger partial charge in [0.05, 0.1) is 0 Å². The van der Waals surface area contributed by atoms with Gasteiger partial charge >= 0.3 is 0 Å². The zero-order chi connectivity index (χ0) is 12.5. The number of nitrogens with zero attached hydrogens (tertiary/aromatic N) is 2. The second kappa shape index (κ2) is 5.45. The van der Waals surface area contributed by atoms with Crippen molar-refractivity contribution in [3.8, 4) is 0 Å². The van der Waals surface area contributed by atoms with Gasteiger partial charge in [-0.15, -0.1) is 0 Å². The second-order valence-corrected chi connectivity index (χ2v) is 6.72. The molecule has 4 aliphatic heterocycles. The average molecular weight is 252 g/mol. The summed E-state index contributed by atoms with van der Waals surface area (Å²) in [5.74, 6) is 2.64. The van der Waals surface area contributed by atoms with Crippen LogP contribution in [0.3, 0.4) is 0 Å². The van der Waals surface area contributed by atoms with E-state index >= 15 is 0 Å². The highest BCUT2D eigenvalue weighted by Gasteiger charge is 2.35. The fourth-order valence-electron chi connectivity index (χ4n) is 4.18. The van der Waals surface area contributed by atoms with Crippen LogP contribution in [-0.4, -0.2) is 61.7 Å². The quantitative estimate of drug-likeness (QED) is 0.686. The van der Waals surface area contributed by atoms with Crippen LogP contribution in [0.1, 0.15) is 19.3 Å². The molecule has 4 N–H and O–H groups in total. The van der Waals surface area contributed by atoms with Gasteiger partial charge in [-0.05, 0) is 56.7 Å². The molecule has 0 aromatic heterocycles. The first-order chi connectivity index (χ1) is 8.74. The van der Waals surface area contributed by atoms with Gasteiger partial charge in [-0.2, -0.15) is 0 Å². The predicted octanol–water partition coefficient (Wildman–Crippen LogP) is -0.0639. The summed E-state index contributed by atoms with van der Waals surface area (Å²) < 4.78 is 0. The van der Waals surface area contributed by atoms with E-state index in [-0.39, 0.29) is 0 Å². The lowest BCUT2D eigenvalue weighted by molar-refractivity contribution is 0.206. The van der Waals surface area contributed by atoms with Crippen LogP contribution in [0, 0.1) is 17.8 Å². The molecule has 4 aliphatic rings. The van der Waals surface area contributed by atoms with Crippen molar-refractivity contribution in [2.75, 3.05) is 45.8 Å². The summed E-state index contributed by atoms with van der Waals surface area (Å²) in [5, 5.41) is 0. The van der Waals surface area contributed by atoms with Crippen molar-refractivity contribution in [2.24, 2.45) is 29.2 Å². The van der Waals surface area contributed by atoms with Crippen LogP contribution in [0.5, 0.6) is 0 Å². The third kappa shape index (κ3) is 2.72. The first-order valence-corrected chi connectivity index (χ1v) is 7.65. The number of fused-ring (bicyclic) bond motifs is 4. The van der Waals surface area contributed by atoms with Gasteiger partial charge in [0.15, 0.2) is 0 Å². The summed E-state index contributed by atoms with van der Waals surface area (Å²) in [6, 6.07) is 0.503. The van der Waals surface area contributed by atoms with Crippen LogP contribution in [0.4, 0.5) is 0 Å². The van der Waals surface area contributed by atoms with Gasteiger partial charge in [0.1, 0.15) is 0 Å². The molecule has 4 bridgehead atoms. The SMILES string of the molecule is NC1CN2CCC1C2.NCC1CC2CCN(C1)C2. The van der Waals surface area contributed by atoms with Crippen molar-refractivity contribution in [3.63, 3.8) is 0 Å². The Morgan fingerprint density at radius 2 is 1.72 bits per heavy atom. The molecule has 4 nitrogen and oxygen atoms in total. The molecule has 6 atom stereocenters. The minimum atomic E-state index is 0.503. The molecule has 18 heavy (non-hydrogen) atoms. The molecule has 6 unspecified atom stereocenters. The minimum absolute atomic E-state index is 0.503. The highest BCUT2D eigenvalue weighted by atomic mass is 15.2. The minimum Gasteiger partial charge on any atom is -0.330 e. The number of hydrogen-bond donors (Lipinski definition) is 2. The van der Waals surface area contributed by atoms with Gasteiger partial charge in [0.2, 0.25) is 0 Å². The van der Waals surface area contributed by atoms with Gasteiger partial charge in [0, 0.05) is 32.2 Å². The Labute approximate surface area is 111 Å². The van der Waals surface area contributed by atoms with Crippen molar-refractivity contribution in [3.05, 3.63) is 0 Å². The standard InChI is InChI=1S/C8H16N2.C6H12N2/c9-4-8-3-7-1-2-10(5-7)6-8;7-6-4-8-2-1-5(6)3-8/h7-8H,1-6,9H2;5-6H,1-4,7H2. The van der Waals surface area contributed by atoms with E-state index in [1.165, 1.54) is 52.0 Å². The topological polar surface area (TPSA) is 58.5 Å². The smallest absolute Gasteiger partial charge is 0.0209 e. The Hall–Kier alpha value is -0.160. The van der Waals surface area contributed by atoms with E-state index in [0.29, 0.717) is 6.04 Å². The molecule has 0 aliphatic carbocycles. The normalized spacial score (nSPS) is 49.0. The molecular weight excluding hydrogens is 224 g/mol. The molecule has 0 radical (unpaired) electrons. The molecule has 4 rings (SSSR count). The van der Waals surface area contributed by atoms with Crippen molar-refractivity contribution < 1.29 is 0 Å². The summed E-state index contributed by atoms with van der Waals surface area (Å²) in [7, 11) is 0. The Kier molecular flexibility index (Phi) is 3.89. The van der Waals surface area contributed by atoms with E-state index in [1.54, 1.807) is 0 Å². The zero-order valence-electron chi connectivity index (χ0n) is 11.4. The predicted molar refractivity (Wildman–Crippen MR) is 74.2 cm³/mol. The Morgan fingerprint density at radius 3 is 2.22 bits per heavy atom. The van der Waals surface area contributed by atoms with Gasteiger partial charge < -0.3 is 21.3 Å². The van der Waals surface area contributed by atoms with Crippen LogP contribution < -0.4 is 11.5 Å². The highest BCUT2D eigenvalue weighted by molar-refractivity contribution is 4.92. The van der Waals surface area contributed by atoms with E-state index in [4.69, 9.17) is 11.5 Å². The largest absolute Gasteiger partial charge is 0.330 e. The monoisotopic (exact) mass is 252 g/mol.